The molecule has 0 spiro atoms. The van der Waals surface area contributed by atoms with Gasteiger partial charge in [0.25, 0.3) is 0 Å². The van der Waals surface area contributed by atoms with Crippen molar-refractivity contribution >= 4 is 9.84 Å². The summed E-state index contributed by atoms with van der Waals surface area (Å²) in [6.45, 7) is 0. The summed E-state index contributed by atoms with van der Waals surface area (Å²) in [6, 6.07) is 9.39. The molecule has 0 N–H and O–H groups in total. The first kappa shape index (κ1) is 9.72. The molecule has 1 heterocycles. The number of sulfone groups is 1. The zero-order valence-electron chi connectivity index (χ0n) is 7.61. The van der Waals surface area contributed by atoms with Crippen molar-refractivity contribution in [3.63, 3.8) is 0 Å². The molecule has 0 aliphatic rings. The Labute approximate surface area is 86.7 Å². The zero-order valence-corrected chi connectivity index (χ0v) is 8.42. The minimum atomic E-state index is -3.55. The predicted molar refractivity (Wildman–Crippen MR) is 51.7 cm³/mol. The summed E-state index contributed by atoms with van der Waals surface area (Å²) in [5.41, 5.74) is 0. The minimum absolute atomic E-state index is 0.0938. The van der Waals surface area contributed by atoms with Gasteiger partial charge in [-0.1, -0.05) is 18.2 Å². The Balaban J connectivity index is 2.55. The maximum absolute atomic E-state index is 11.9. The second-order valence-electron chi connectivity index (χ2n) is 2.78. The minimum Gasteiger partial charge on any atom is -0.217 e. The van der Waals surface area contributed by atoms with Crippen molar-refractivity contribution in [3.05, 3.63) is 42.6 Å². The summed E-state index contributed by atoms with van der Waals surface area (Å²) in [7, 11) is -3.55. The zero-order chi connectivity index (χ0) is 10.7. The molecular formula is C9H7N3O2S. The van der Waals surface area contributed by atoms with Gasteiger partial charge in [-0.25, -0.2) is 8.42 Å². The van der Waals surface area contributed by atoms with Gasteiger partial charge >= 0.3 is 0 Å². The van der Waals surface area contributed by atoms with Gasteiger partial charge < -0.3 is 0 Å². The van der Waals surface area contributed by atoms with Crippen LogP contribution in [0.25, 0.3) is 0 Å². The lowest BCUT2D eigenvalue weighted by Crippen LogP contribution is -2.05. The van der Waals surface area contributed by atoms with E-state index in [0.29, 0.717) is 0 Å². The first-order valence-electron chi connectivity index (χ1n) is 4.16. The first-order valence-corrected chi connectivity index (χ1v) is 5.64. The van der Waals surface area contributed by atoms with Crippen molar-refractivity contribution in [2.45, 2.75) is 9.92 Å². The van der Waals surface area contributed by atoms with E-state index < -0.39 is 9.84 Å². The normalized spacial score (nSPS) is 11.2. The Morgan fingerprint density at radius 1 is 1.00 bits per heavy atom. The van der Waals surface area contributed by atoms with E-state index in [1.807, 2.05) is 0 Å². The van der Waals surface area contributed by atoms with Gasteiger partial charge in [0.2, 0.25) is 9.84 Å². The molecule has 1 aromatic heterocycles. The number of nitrogens with zero attached hydrogens (tertiary/aromatic N) is 3. The van der Waals surface area contributed by atoms with Gasteiger partial charge in [-0.3, -0.25) is 0 Å². The van der Waals surface area contributed by atoms with Crippen molar-refractivity contribution in [2.24, 2.45) is 0 Å². The lowest BCUT2D eigenvalue weighted by molar-refractivity contribution is 0.587. The van der Waals surface area contributed by atoms with Crippen LogP contribution in [-0.4, -0.2) is 23.8 Å². The fraction of sp³-hybridized carbons (Fsp3) is 0. The molecule has 5 nitrogen and oxygen atoms in total. The number of rotatable bonds is 2. The second-order valence-corrected chi connectivity index (χ2v) is 4.67. The van der Waals surface area contributed by atoms with E-state index in [1.165, 1.54) is 24.4 Å². The van der Waals surface area contributed by atoms with Crippen LogP contribution in [0.15, 0.2) is 52.5 Å². The molecule has 0 atom stereocenters. The van der Waals surface area contributed by atoms with Crippen LogP contribution in [0, 0.1) is 0 Å². The molecule has 0 fully saturated rings. The van der Waals surface area contributed by atoms with Crippen molar-refractivity contribution in [2.75, 3.05) is 0 Å². The SMILES string of the molecule is O=S(=O)(c1ccccc1)c1ccnnn1. The monoisotopic (exact) mass is 221 g/mol. The highest BCUT2D eigenvalue weighted by atomic mass is 32.2. The average Bonchev–Trinajstić information content (AvgIpc) is 2.31. The van der Waals surface area contributed by atoms with E-state index in [0.717, 1.165) is 0 Å². The molecule has 0 aliphatic heterocycles. The molecule has 15 heavy (non-hydrogen) atoms. The maximum Gasteiger partial charge on any atom is 0.225 e. The highest BCUT2D eigenvalue weighted by Crippen LogP contribution is 2.16. The Bertz CT molecular complexity index is 495. The summed E-state index contributed by atoms with van der Waals surface area (Å²) >= 11 is 0. The summed E-state index contributed by atoms with van der Waals surface area (Å²) < 4.78 is 23.8. The third-order valence-electron chi connectivity index (χ3n) is 1.81. The molecule has 6 heteroatoms. The third-order valence-corrected chi connectivity index (χ3v) is 3.47. The summed E-state index contributed by atoms with van der Waals surface area (Å²) in [5, 5.41) is 10.1. The van der Waals surface area contributed by atoms with Gasteiger partial charge in [0.05, 0.1) is 11.1 Å². The average molecular weight is 221 g/mol. The van der Waals surface area contributed by atoms with Gasteiger partial charge in [-0.15, -0.1) is 10.2 Å². The molecule has 0 unspecified atom stereocenters. The summed E-state index contributed by atoms with van der Waals surface area (Å²) in [5.74, 6) is 0. The first-order chi connectivity index (χ1) is 7.21. The largest absolute Gasteiger partial charge is 0.225 e. The molecule has 0 saturated carbocycles. The molecule has 2 aromatic rings. The lowest BCUT2D eigenvalue weighted by Gasteiger charge is -2.00. The molecule has 0 radical (unpaired) electrons. The second kappa shape index (κ2) is 3.74. The molecule has 2 rings (SSSR count). The fourth-order valence-corrected chi connectivity index (χ4v) is 2.23. The molecule has 0 amide bonds. The molecular weight excluding hydrogens is 214 g/mol. The van der Waals surface area contributed by atoms with Crippen LogP contribution in [-0.2, 0) is 9.84 Å². The van der Waals surface area contributed by atoms with Crippen molar-refractivity contribution in [3.8, 4) is 0 Å². The predicted octanol–water partition coefficient (Wildman–Crippen LogP) is 0.704. The van der Waals surface area contributed by atoms with E-state index in [-0.39, 0.29) is 9.92 Å². The van der Waals surface area contributed by atoms with Crippen LogP contribution < -0.4 is 0 Å². The number of benzene rings is 1. The Hall–Kier alpha value is -1.82. The lowest BCUT2D eigenvalue weighted by atomic mass is 10.4. The molecule has 0 bridgehead atoms. The summed E-state index contributed by atoms with van der Waals surface area (Å²) in [4.78, 5) is 0.200. The molecule has 0 saturated heterocycles. The van der Waals surface area contributed by atoms with Gasteiger partial charge in [-0.2, -0.15) is 0 Å². The van der Waals surface area contributed by atoms with Crippen LogP contribution >= 0.6 is 0 Å². The standard InChI is InChI=1S/C9H7N3O2S/c13-15(14,8-4-2-1-3-5-8)9-6-7-10-12-11-9/h1-7H. The van der Waals surface area contributed by atoms with Crippen LogP contribution in [0.5, 0.6) is 0 Å². The quantitative estimate of drug-likeness (QED) is 0.746. The van der Waals surface area contributed by atoms with E-state index in [9.17, 15) is 8.42 Å². The molecule has 76 valence electrons. The maximum atomic E-state index is 11.9. The van der Waals surface area contributed by atoms with Crippen LogP contribution in [0.3, 0.4) is 0 Å². The number of aromatic nitrogens is 3. The van der Waals surface area contributed by atoms with E-state index in [4.69, 9.17) is 0 Å². The van der Waals surface area contributed by atoms with Crippen molar-refractivity contribution in [1.82, 2.24) is 15.4 Å². The van der Waals surface area contributed by atoms with Crippen molar-refractivity contribution in [1.29, 1.82) is 0 Å². The summed E-state index contributed by atoms with van der Waals surface area (Å²) in [6.07, 6.45) is 1.29. The van der Waals surface area contributed by atoms with Crippen molar-refractivity contribution < 1.29 is 8.42 Å². The highest BCUT2D eigenvalue weighted by Gasteiger charge is 2.18. The van der Waals surface area contributed by atoms with Gasteiger partial charge in [-0.05, 0) is 23.4 Å². The van der Waals surface area contributed by atoms with Crippen LogP contribution in [0.2, 0.25) is 0 Å². The van der Waals surface area contributed by atoms with Crippen LogP contribution in [0.1, 0.15) is 0 Å². The van der Waals surface area contributed by atoms with Gasteiger partial charge in [0, 0.05) is 0 Å². The molecule has 1 aromatic carbocycles. The Morgan fingerprint density at radius 3 is 2.33 bits per heavy atom. The fourth-order valence-electron chi connectivity index (χ4n) is 1.09. The van der Waals surface area contributed by atoms with E-state index >= 15 is 0 Å². The smallest absolute Gasteiger partial charge is 0.217 e. The van der Waals surface area contributed by atoms with Crippen LogP contribution in [0.4, 0.5) is 0 Å². The topological polar surface area (TPSA) is 72.8 Å². The number of hydrogen-bond acceptors (Lipinski definition) is 5. The number of hydrogen-bond donors (Lipinski definition) is 0. The third kappa shape index (κ3) is 1.84. The van der Waals surface area contributed by atoms with E-state index in [1.54, 1.807) is 18.2 Å². The molecule has 0 aliphatic carbocycles. The van der Waals surface area contributed by atoms with Gasteiger partial charge in [0.1, 0.15) is 0 Å². The highest BCUT2D eigenvalue weighted by molar-refractivity contribution is 7.91. The Morgan fingerprint density at radius 2 is 1.73 bits per heavy atom. The van der Waals surface area contributed by atoms with E-state index in [2.05, 4.69) is 15.4 Å². The Kier molecular flexibility index (Phi) is 2.42. The van der Waals surface area contributed by atoms with Gasteiger partial charge in [0.15, 0.2) is 5.03 Å².